The highest BCUT2D eigenvalue weighted by molar-refractivity contribution is 7.09. The molecule has 5 heteroatoms. The number of ether oxygens (including phenoxy) is 1. The zero-order chi connectivity index (χ0) is 13.1. The first-order valence-electron chi connectivity index (χ1n) is 5.71. The van der Waals surface area contributed by atoms with E-state index in [1.54, 1.807) is 18.3 Å². The van der Waals surface area contributed by atoms with Gasteiger partial charge in [0.25, 0.3) is 0 Å². The predicted molar refractivity (Wildman–Crippen MR) is 69.0 cm³/mol. The Morgan fingerprint density at radius 1 is 1.59 bits per heavy atom. The summed E-state index contributed by atoms with van der Waals surface area (Å²) in [5.41, 5.74) is 6.72. The van der Waals surface area contributed by atoms with Crippen LogP contribution in [0.5, 0.6) is 0 Å². The Balaban J connectivity index is 2.67. The van der Waals surface area contributed by atoms with Crippen molar-refractivity contribution < 1.29 is 9.53 Å². The first-order chi connectivity index (χ1) is 7.84. The lowest BCUT2D eigenvalue weighted by Crippen LogP contribution is -2.18. The normalized spacial score (nSPS) is 13.5. The van der Waals surface area contributed by atoms with E-state index in [0.717, 1.165) is 10.7 Å². The van der Waals surface area contributed by atoms with E-state index >= 15 is 0 Å². The summed E-state index contributed by atoms with van der Waals surface area (Å²) < 4.78 is 4.86. The van der Waals surface area contributed by atoms with Crippen LogP contribution < -0.4 is 5.73 Å². The third-order valence-corrected chi connectivity index (χ3v) is 3.52. The Labute approximate surface area is 106 Å². The van der Waals surface area contributed by atoms with Gasteiger partial charge in [-0.25, -0.2) is 4.98 Å². The number of esters is 1. The number of carbonyl (C=O) groups excluding carboxylic acids is 1. The fourth-order valence-electron chi connectivity index (χ4n) is 1.30. The third-order valence-electron chi connectivity index (χ3n) is 2.24. The van der Waals surface area contributed by atoms with Gasteiger partial charge in [-0.05, 0) is 6.92 Å². The Bertz CT molecular complexity index is 382. The van der Waals surface area contributed by atoms with Crippen LogP contribution in [0.1, 0.15) is 50.9 Å². The number of nitrogens with zero attached hydrogens (tertiary/aromatic N) is 1. The Hall–Kier alpha value is -0.940. The summed E-state index contributed by atoms with van der Waals surface area (Å²) in [5, 5.41) is 2.96. The van der Waals surface area contributed by atoms with Gasteiger partial charge in [0.15, 0.2) is 0 Å². The maximum Gasteiger partial charge on any atom is 0.307 e. The molecule has 0 aromatic carbocycles. The molecule has 0 saturated carbocycles. The molecule has 0 bridgehead atoms. The molecule has 0 spiro atoms. The fraction of sp³-hybridized carbons (Fsp3) is 0.667. The van der Waals surface area contributed by atoms with Crippen LogP contribution in [-0.2, 0) is 14.9 Å². The van der Waals surface area contributed by atoms with Crippen LogP contribution in [0, 0.1) is 0 Å². The van der Waals surface area contributed by atoms with Crippen LogP contribution in [0.25, 0.3) is 0 Å². The van der Waals surface area contributed by atoms with E-state index in [1.807, 2.05) is 5.38 Å². The quantitative estimate of drug-likeness (QED) is 0.840. The summed E-state index contributed by atoms with van der Waals surface area (Å²) in [7, 11) is 0. The van der Waals surface area contributed by atoms with E-state index in [4.69, 9.17) is 10.5 Å². The van der Waals surface area contributed by atoms with Crippen molar-refractivity contribution in [2.45, 2.75) is 45.6 Å². The highest BCUT2D eigenvalue weighted by Crippen LogP contribution is 2.27. The average molecular weight is 256 g/mol. The largest absolute Gasteiger partial charge is 0.466 e. The number of aromatic nitrogens is 1. The van der Waals surface area contributed by atoms with Gasteiger partial charge in [-0.15, -0.1) is 11.3 Å². The number of carbonyl (C=O) groups is 1. The van der Waals surface area contributed by atoms with Gasteiger partial charge in [0.2, 0.25) is 0 Å². The van der Waals surface area contributed by atoms with E-state index in [2.05, 4.69) is 25.8 Å². The lowest BCUT2D eigenvalue weighted by atomic mass is 9.98. The molecule has 1 heterocycles. The van der Waals surface area contributed by atoms with Gasteiger partial charge in [0.05, 0.1) is 29.8 Å². The highest BCUT2D eigenvalue weighted by atomic mass is 32.1. The lowest BCUT2D eigenvalue weighted by molar-refractivity contribution is -0.143. The molecule has 4 nitrogen and oxygen atoms in total. The molecule has 1 rings (SSSR count). The number of hydrogen-bond acceptors (Lipinski definition) is 5. The molecule has 2 N–H and O–H groups in total. The molecule has 17 heavy (non-hydrogen) atoms. The smallest absolute Gasteiger partial charge is 0.307 e. The molecule has 0 amide bonds. The predicted octanol–water partition coefficient (Wildman–Crippen LogP) is 2.39. The van der Waals surface area contributed by atoms with Crippen LogP contribution in [0.15, 0.2) is 5.38 Å². The molecule has 1 atom stereocenters. The van der Waals surface area contributed by atoms with E-state index in [-0.39, 0.29) is 23.8 Å². The molecule has 0 unspecified atom stereocenters. The molecule has 1 aromatic heterocycles. The summed E-state index contributed by atoms with van der Waals surface area (Å²) >= 11 is 1.58. The Morgan fingerprint density at radius 2 is 2.24 bits per heavy atom. The van der Waals surface area contributed by atoms with Crippen LogP contribution >= 0.6 is 11.3 Å². The van der Waals surface area contributed by atoms with Crippen molar-refractivity contribution >= 4 is 17.3 Å². The van der Waals surface area contributed by atoms with Gasteiger partial charge in [0.1, 0.15) is 0 Å². The maximum atomic E-state index is 11.3. The second-order valence-electron chi connectivity index (χ2n) is 4.94. The van der Waals surface area contributed by atoms with E-state index in [1.165, 1.54) is 0 Å². The topological polar surface area (TPSA) is 65.2 Å². The second kappa shape index (κ2) is 5.60. The van der Waals surface area contributed by atoms with E-state index in [9.17, 15) is 4.79 Å². The minimum absolute atomic E-state index is 0.0204. The van der Waals surface area contributed by atoms with Crippen LogP contribution in [0.2, 0.25) is 0 Å². The van der Waals surface area contributed by atoms with Crippen molar-refractivity contribution in [2.24, 2.45) is 5.73 Å². The van der Waals surface area contributed by atoms with E-state index in [0.29, 0.717) is 6.61 Å². The summed E-state index contributed by atoms with van der Waals surface area (Å²) in [4.78, 5) is 15.8. The zero-order valence-electron chi connectivity index (χ0n) is 10.8. The summed E-state index contributed by atoms with van der Waals surface area (Å²) in [6.45, 7) is 8.48. The van der Waals surface area contributed by atoms with Gasteiger partial charge in [0, 0.05) is 10.8 Å². The van der Waals surface area contributed by atoms with Gasteiger partial charge in [-0.2, -0.15) is 0 Å². The molecule has 0 aliphatic rings. The summed E-state index contributed by atoms with van der Waals surface area (Å²) in [5.74, 6) is -0.273. The Morgan fingerprint density at radius 3 is 2.71 bits per heavy atom. The Kier molecular flexibility index (Phi) is 4.65. The summed E-state index contributed by atoms with van der Waals surface area (Å²) in [6, 6.07) is -0.374. The summed E-state index contributed by atoms with van der Waals surface area (Å²) in [6.07, 6.45) is 0.182. The van der Waals surface area contributed by atoms with E-state index < -0.39 is 0 Å². The van der Waals surface area contributed by atoms with Crippen molar-refractivity contribution in [1.82, 2.24) is 4.98 Å². The second-order valence-corrected chi connectivity index (χ2v) is 5.80. The van der Waals surface area contributed by atoms with Crippen molar-refractivity contribution in [3.63, 3.8) is 0 Å². The van der Waals surface area contributed by atoms with Crippen molar-refractivity contribution in [2.75, 3.05) is 6.61 Å². The fourth-order valence-corrected chi connectivity index (χ4v) is 2.28. The van der Waals surface area contributed by atoms with Gasteiger partial charge < -0.3 is 10.5 Å². The molecular weight excluding hydrogens is 236 g/mol. The standard InChI is InChI=1S/C12H20N2O2S/c1-5-16-10(15)6-8(13)9-7-17-11(14-9)12(2,3)4/h7-8H,5-6,13H2,1-4H3/t8-/m1/s1. The molecule has 0 aliphatic heterocycles. The maximum absolute atomic E-state index is 11.3. The molecule has 0 radical (unpaired) electrons. The monoisotopic (exact) mass is 256 g/mol. The third kappa shape index (κ3) is 4.09. The molecule has 0 aliphatic carbocycles. The SMILES string of the molecule is CCOC(=O)C[C@@H](N)c1csc(C(C)(C)C)n1. The molecule has 96 valence electrons. The minimum Gasteiger partial charge on any atom is -0.466 e. The molecular formula is C12H20N2O2S. The van der Waals surface area contributed by atoms with Crippen LogP contribution in [0.3, 0.4) is 0 Å². The van der Waals surface area contributed by atoms with Crippen molar-refractivity contribution in [3.05, 3.63) is 16.1 Å². The zero-order valence-corrected chi connectivity index (χ0v) is 11.6. The van der Waals surface area contributed by atoms with Crippen molar-refractivity contribution in [3.8, 4) is 0 Å². The van der Waals surface area contributed by atoms with Gasteiger partial charge >= 0.3 is 5.97 Å². The molecule has 0 saturated heterocycles. The number of rotatable bonds is 4. The lowest BCUT2D eigenvalue weighted by Gasteiger charge is -2.14. The van der Waals surface area contributed by atoms with Crippen LogP contribution in [0.4, 0.5) is 0 Å². The number of hydrogen-bond donors (Lipinski definition) is 1. The minimum atomic E-state index is -0.374. The van der Waals surface area contributed by atoms with Gasteiger partial charge in [-0.3, -0.25) is 4.79 Å². The first kappa shape index (κ1) is 14.1. The molecule has 1 aromatic rings. The average Bonchev–Trinajstić information content (AvgIpc) is 2.65. The van der Waals surface area contributed by atoms with Crippen molar-refractivity contribution in [1.29, 1.82) is 0 Å². The highest BCUT2D eigenvalue weighted by Gasteiger charge is 2.21. The number of nitrogens with two attached hydrogens (primary N) is 1. The van der Waals surface area contributed by atoms with Crippen LogP contribution in [-0.4, -0.2) is 17.6 Å². The first-order valence-corrected chi connectivity index (χ1v) is 6.59. The van der Waals surface area contributed by atoms with Gasteiger partial charge in [-0.1, -0.05) is 20.8 Å². The number of thiazole rings is 1. The molecule has 0 fully saturated rings.